The van der Waals surface area contributed by atoms with Crippen LogP contribution in [-0.4, -0.2) is 40.9 Å². The molecular formula is C9H15N5O. The quantitative estimate of drug-likeness (QED) is 0.729. The minimum absolute atomic E-state index is 0.0416. The molecule has 0 aromatic carbocycles. The third-order valence-electron chi connectivity index (χ3n) is 1.89. The molecule has 1 aromatic heterocycles. The molecule has 0 aliphatic rings. The van der Waals surface area contributed by atoms with Crippen LogP contribution in [0.4, 0.5) is 11.6 Å². The van der Waals surface area contributed by atoms with E-state index in [1.165, 1.54) is 17.3 Å². The van der Waals surface area contributed by atoms with E-state index in [1.54, 1.807) is 21.0 Å². The van der Waals surface area contributed by atoms with Crippen LogP contribution in [0.5, 0.6) is 0 Å². The highest BCUT2D eigenvalue weighted by Gasteiger charge is 2.15. The lowest BCUT2D eigenvalue weighted by molar-refractivity contribution is -0.129. The van der Waals surface area contributed by atoms with Crippen molar-refractivity contribution in [1.29, 1.82) is 0 Å². The summed E-state index contributed by atoms with van der Waals surface area (Å²) in [6, 6.07) is -0.376. The molecule has 3 N–H and O–H groups in total. The summed E-state index contributed by atoms with van der Waals surface area (Å²) in [6.07, 6.45) is 3.02. The first kappa shape index (κ1) is 11.2. The van der Waals surface area contributed by atoms with Gasteiger partial charge in [-0.1, -0.05) is 0 Å². The fraction of sp³-hybridized carbons (Fsp3) is 0.444. The molecule has 6 heteroatoms. The van der Waals surface area contributed by atoms with Gasteiger partial charge in [-0.3, -0.25) is 4.79 Å². The average Bonchev–Trinajstić information content (AvgIpc) is 2.20. The molecule has 1 rings (SSSR count). The zero-order chi connectivity index (χ0) is 11.4. The standard InChI is InChI=1S/C9H15N5O/c1-6(9(15)14(2)3)13-8-7(10)11-4-5-12-8/h4-6H,1-3H3,(H2,10,11)(H,12,13). The van der Waals surface area contributed by atoms with E-state index in [0.717, 1.165) is 0 Å². The van der Waals surface area contributed by atoms with E-state index in [0.29, 0.717) is 5.82 Å². The van der Waals surface area contributed by atoms with E-state index < -0.39 is 0 Å². The Morgan fingerprint density at radius 3 is 2.60 bits per heavy atom. The second kappa shape index (κ2) is 4.59. The summed E-state index contributed by atoms with van der Waals surface area (Å²) in [5.41, 5.74) is 5.58. The van der Waals surface area contributed by atoms with Gasteiger partial charge in [0.05, 0.1) is 0 Å². The Morgan fingerprint density at radius 2 is 2.07 bits per heavy atom. The summed E-state index contributed by atoms with van der Waals surface area (Å²) in [5.74, 6) is 0.677. The summed E-state index contributed by atoms with van der Waals surface area (Å²) < 4.78 is 0. The summed E-state index contributed by atoms with van der Waals surface area (Å²) in [7, 11) is 3.39. The highest BCUT2D eigenvalue weighted by Crippen LogP contribution is 2.11. The molecule has 1 amide bonds. The molecule has 0 radical (unpaired) electrons. The number of aromatic nitrogens is 2. The van der Waals surface area contributed by atoms with Crippen molar-refractivity contribution in [1.82, 2.24) is 14.9 Å². The van der Waals surface area contributed by atoms with Crippen LogP contribution in [-0.2, 0) is 4.79 Å². The van der Waals surface area contributed by atoms with Gasteiger partial charge in [0.2, 0.25) is 5.91 Å². The number of nitrogens with zero attached hydrogens (tertiary/aromatic N) is 3. The Hall–Kier alpha value is -1.85. The van der Waals surface area contributed by atoms with E-state index in [4.69, 9.17) is 5.73 Å². The zero-order valence-electron chi connectivity index (χ0n) is 9.06. The third-order valence-corrected chi connectivity index (χ3v) is 1.89. The van der Waals surface area contributed by atoms with Gasteiger partial charge < -0.3 is 16.0 Å². The smallest absolute Gasteiger partial charge is 0.244 e. The van der Waals surface area contributed by atoms with Crippen LogP contribution in [0.25, 0.3) is 0 Å². The van der Waals surface area contributed by atoms with Crippen molar-refractivity contribution in [3.63, 3.8) is 0 Å². The fourth-order valence-electron chi connectivity index (χ4n) is 1.11. The molecule has 1 heterocycles. The van der Waals surface area contributed by atoms with E-state index in [-0.39, 0.29) is 17.8 Å². The number of nitrogens with two attached hydrogens (primary N) is 1. The molecule has 0 fully saturated rings. The molecule has 0 aliphatic heterocycles. The van der Waals surface area contributed by atoms with Gasteiger partial charge in [0, 0.05) is 26.5 Å². The topological polar surface area (TPSA) is 84.1 Å². The van der Waals surface area contributed by atoms with Crippen molar-refractivity contribution in [2.45, 2.75) is 13.0 Å². The van der Waals surface area contributed by atoms with E-state index in [2.05, 4.69) is 15.3 Å². The van der Waals surface area contributed by atoms with Gasteiger partial charge in [0.25, 0.3) is 0 Å². The Morgan fingerprint density at radius 1 is 1.47 bits per heavy atom. The minimum Gasteiger partial charge on any atom is -0.381 e. The van der Waals surface area contributed by atoms with Crippen LogP contribution < -0.4 is 11.1 Å². The van der Waals surface area contributed by atoms with E-state index in [9.17, 15) is 4.79 Å². The number of carbonyl (C=O) groups is 1. The second-order valence-electron chi connectivity index (χ2n) is 3.39. The number of likely N-dealkylation sites (N-methyl/N-ethyl adjacent to an activating group) is 1. The molecule has 0 saturated carbocycles. The Labute approximate surface area is 88.5 Å². The molecule has 15 heavy (non-hydrogen) atoms. The van der Waals surface area contributed by atoms with E-state index >= 15 is 0 Å². The normalized spacial score (nSPS) is 11.9. The molecule has 0 bridgehead atoms. The molecule has 1 atom stereocenters. The SMILES string of the molecule is CC(Nc1nccnc1N)C(=O)N(C)C. The maximum absolute atomic E-state index is 11.5. The van der Waals surface area contributed by atoms with Crippen molar-refractivity contribution in [2.24, 2.45) is 0 Å². The van der Waals surface area contributed by atoms with Crippen LogP contribution in [0.1, 0.15) is 6.92 Å². The first-order chi connectivity index (χ1) is 7.02. The number of nitrogens with one attached hydrogen (secondary N) is 1. The van der Waals surface area contributed by atoms with Gasteiger partial charge in [0.15, 0.2) is 11.6 Å². The summed E-state index contributed by atoms with van der Waals surface area (Å²) >= 11 is 0. The van der Waals surface area contributed by atoms with Gasteiger partial charge in [-0.2, -0.15) is 0 Å². The van der Waals surface area contributed by atoms with Crippen LogP contribution in [0.2, 0.25) is 0 Å². The molecule has 1 aromatic rings. The number of carbonyl (C=O) groups excluding carboxylic acids is 1. The number of nitrogen functional groups attached to an aromatic ring is 1. The lowest BCUT2D eigenvalue weighted by Gasteiger charge is -2.18. The second-order valence-corrected chi connectivity index (χ2v) is 3.39. The molecule has 0 spiro atoms. The first-order valence-electron chi connectivity index (χ1n) is 4.56. The van der Waals surface area contributed by atoms with E-state index in [1.807, 2.05) is 0 Å². The molecule has 1 unspecified atom stereocenters. The predicted octanol–water partition coefficient (Wildman–Crippen LogP) is -0.0526. The largest absolute Gasteiger partial charge is 0.381 e. The van der Waals surface area contributed by atoms with Gasteiger partial charge in [-0.15, -0.1) is 0 Å². The van der Waals surface area contributed by atoms with Gasteiger partial charge in [-0.05, 0) is 6.92 Å². The van der Waals surface area contributed by atoms with Crippen molar-refractivity contribution in [2.75, 3.05) is 25.1 Å². The Bertz CT molecular complexity index is 352. The minimum atomic E-state index is -0.376. The van der Waals surface area contributed by atoms with Crippen molar-refractivity contribution in [3.05, 3.63) is 12.4 Å². The van der Waals surface area contributed by atoms with Crippen molar-refractivity contribution in [3.8, 4) is 0 Å². The maximum atomic E-state index is 11.5. The first-order valence-corrected chi connectivity index (χ1v) is 4.56. The Kier molecular flexibility index (Phi) is 3.43. The van der Waals surface area contributed by atoms with Crippen LogP contribution in [0.15, 0.2) is 12.4 Å². The summed E-state index contributed by atoms with van der Waals surface area (Å²) in [4.78, 5) is 20.9. The lowest BCUT2D eigenvalue weighted by Crippen LogP contribution is -2.37. The van der Waals surface area contributed by atoms with Gasteiger partial charge in [0.1, 0.15) is 6.04 Å². The number of rotatable bonds is 3. The van der Waals surface area contributed by atoms with Crippen LogP contribution in [0.3, 0.4) is 0 Å². The number of amides is 1. The summed E-state index contributed by atoms with van der Waals surface area (Å²) in [5, 5.41) is 2.90. The van der Waals surface area contributed by atoms with Crippen molar-refractivity contribution >= 4 is 17.5 Å². The fourth-order valence-corrected chi connectivity index (χ4v) is 1.11. The van der Waals surface area contributed by atoms with Crippen LogP contribution >= 0.6 is 0 Å². The highest BCUT2D eigenvalue weighted by molar-refractivity contribution is 5.84. The van der Waals surface area contributed by atoms with Gasteiger partial charge in [-0.25, -0.2) is 9.97 Å². The van der Waals surface area contributed by atoms with Crippen molar-refractivity contribution < 1.29 is 4.79 Å². The zero-order valence-corrected chi connectivity index (χ0v) is 9.06. The number of anilines is 2. The third kappa shape index (κ3) is 2.80. The van der Waals surface area contributed by atoms with Gasteiger partial charge >= 0.3 is 0 Å². The summed E-state index contributed by atoms with van der Waals surface area (Å²) in [6.45, 7) is 1.75. The Balaban J connectivity index is 2.71. The predicted molar refractivity (Wildman–Crippen MR) is 58.2 cm³/mol. The molecule has 6 nitrogen and oxygen atoms in total. The average molecular weight is 209 g/mol. The number of hydrogen-bond donors (Lipinski definition) is 2. The molecule has 82 valence electrons. The monoisotopic (exact) mass is 209 g/mol. The number of hydrogen-bond acceptors (Lipinski definition) is 5. The lowest BCUT2D eigenvalue weighted by atomic mass is 10.3. The van der Waals surface area contributed by atoms with Crippen LogP contribution in [0, 0.1) is 0 Å². The molecule has 0 aliphatic carbocycles. The maximum Gasteiger partial charge on any atom is 0.244 e. The highest BCUT2D eigenvalue weighted by atomic mass is 16.2. The molecule has 0 saturated heterocycles. The molecular weight excluding hydrogens is 194 g/mol.